The van der Waals surface area contributed by atoms with Crippen molar-refractivity contribution in [2.45, 2.75) is 13.0 Å². The van der Waals surface area contributed by atoms with E-state index in [1.54, 1.807) is 0 Å². The number of carbonyl (C=O) groups excluding carboxylic acids is 2. The average Bonchev–Trinajstić information content (AvgIpc) is 2.68. The molecule has 5 heteroatoms. The number of benzene rings is 3. The van der Waals surface area contributed by atoms with Gasteiger partial charge >= 0.3 is 0 Å². The van der Waals surface area contributed by atoms with Crippen LogP contribution < -0.4 is 15.5 Å². The van der Waals surface area contributed by atoms with Crippen molar-refractivity contribution in [3.8, 4) is 0 Å². The molecule has 138 valence electrons. The minimum absolute atomic E-state index is 0.114. The molecular formula is C22H24N3O2+. The Hall–Kier alpha value is -3.18. The molecule has 2 atom stereocenters. The van der Waals surface area contributed by atoms with E-state index in [1.165, 1.54) is 0 Å². The van der Waals surface area contributed by atoms with Crippen molar-refractivity contribution < 1.29 is 14.5 Å². The van der Waals surface area contributed by atoms with E-state index >= 15 is 0 Å². The summed E-state index contributed by atoms with van der Waals surface area (Å²) in [7, 11) is 1.85. The van der Waals surface area contributed by atoms with Gasteiger partial charge in [-0.1, -0.05) is 54.6 Å². The highest BCUT2D eigenvalue weighted by Crippen LogP contribution is 2.22. The zero-order chi connectivity index (χ0) is 19.2. The number of likely N-dealkylation sites (N-methyl/N-ethyl adjacent to an activating group) is 1. The number of quaternary nitrogens is 1. The summed E-state index contributed by atoms with van der Waals surface area (Å²) in [6.07, 6.45) is 0. The quantitative estimate of drug-likeness (QED) is 0.630. The lowest BCUT2D eigenvalue weighted by Crippen LogP contribution is -3.14. The molecule has 3 aromatic carbocycles. The lowest BCUT2D eigenvalue weighted by Gasteiger charge is -2.20. The van der Waals surface area contributed by atoms with E-state index in [2.05, 4.69) is 10.6 Å². The number of hydrogen-bond donors (Lipinski definition) is 3. The van der Waals surface area contributed by atoms with Gasteiger partial charge in [0.05, 0.1) is 7.05 Å². The summed E-state index contributed by atoms with van der Waals surface area (Å²) in [5.41, 5.74) is 1.54. The van der Waals surface area contributed by atoms with Gasteiger partial charge in [-0.15, -0.1) is 0 Å². The first kappa shape index (κ1) is 18.6. The van der Waals surface area contributed by atoms with Crippen LogP contribution in [0, 0.1) is 0 Å². The predicted molar refractivity (Wildman–Crippen MR) is 109 cm³/mol. The summed E-state index contributed by atoms with van der Waals surface area (Å²) in [6.45, 7) is 2.02. The van der Waals surface area contributed by atoms with Gasteiger partial charge < -0.3 is 15.5 Å². The first-order chi connectivity index (χ1) is 13.0. The number of carbonyl (C=O) groups is 2. The van der Waals surface area contributed by atoms with Gasteiger partial charge in [0, 0.05) is 16.8 Å². The summed E-state index contributed by atoms with van der Waals surface area (Å²) in [5.74, 6) is -0.236. The van der Waals surface area contributed by atoms with Crippen LogP contribution in [0.1, 0.15) is 6.92 Å². The normalized spacial score (nSPS) is 13.0. The van der Waals surface area contributed by atoms with Gasteiger partial charge in [-0.2, -0.15) is 0 Å². The number of para-hydroxylation sites is 1. The summed E-state index contributed by atoms with van der Waals surface area (Å²) in [6, 6.07) is 22.7. The molecule has 27 heavy (non-hydrogen) atoms. The Morgan fingerprint density at radius 1 is 0.889 bits per heavy atom. The molecule has 0 aliphatic rings. The summed E-state index contributed by atoms with van der Waals surface area (Å²) in [5, 5.41) is 7.92. The second-order valence-corrected chi connectivity index (χ2v) is 6.67. The first-order valence-electron chi connectivity index (χ1n) is 9.00. The Bertz CT molecular complexity index is 935. The molecule has 3 aromatic rings. The molecule has 2 amide bonds. The summed E-state index contributed by atoms with van der Waals surface area (Å²) in [4.78, 5) is 25.7. The fourth-order valence-electron chi connectivity index (χ4n) is 2.93. The van der Waals surface area contributed by atoms with Crippen LogP contribution >= 0.6 is 0 Å². The highest BCUT2D eigenvalue weighted by Gasteiger charge is 2.24. The van der Waals surface area contributed by atoms with Crippen molar-refractivity contribution in [3.63, 3.8) is 0 Å². The second kappa shape index (κ2) is 8.47. The Labute approximate surface area is 159 Å². The lowest BCUT2D eigenvalue weighted by molar-refractivity contribution is -0.885. The van der Waals surface area contributed by atoms with E-state index in [-0.39, 0.29) is 24.4 Å². The molecule has 0 aromatic heterocycles. The minimum Gasteiger partial charge on any atom is -0.321 e. The van der Waals surface area contributed by atoms with Gasteiger partial charge in [0.15, 0.2) is 12.6 Å². The zero-order valence-corrected chi connectivity index (χ0v) is 15.5. The standard InChI is InChI=1S/C22H23N3O2/c1-16(22(27)23-18-11-4-3-5-12-18)25(2)15-21(26)24-20-14-8-10-17-9-6-7-13-19(17)20/h3-14,16H,15H2,1-2H3,(H,23,27)(H,24,26)/p+1/t16-/m0/s1. The maximum Gasteiger partial charge on any atom is 0.282 e. The molecule has 0 spiro atoms. The molecule has 0 saturated carbocycles. The van der Waals surface area contributed by atoms with Gasteiger partial charge in [-0.05, 0) is 30.5 Å². The van der Waals surface area contributed by atoms with E-state index in [0.717, 1.165) is 27.0 Å². The summed E-state index contributed by atoms with van der Waals surface area (Å²) >= 11 is 0. The van der Waals surface area contributed by atoms with Gasteiger partial charge in [0.25, 0.3) is 11.8 Å². The van der Waals surface area contributed by atoms with Crippen molar-refractivity contribution in [3.05, 3.63) is 72.8 Å². The third-order valence-electron chi connectivity index (χ3n) is 4.68. The zero-order valence-electron chi connectivity index (χ0n) is 15.5. The first-order valence-corrected chi connectivity index (χ1v) is 9.00. The predicted octanol–water partition coefficient (Wildman–Crippen LogP) is 2.32. The SMILES string of the molecule is C[C@@H](C(=O)Nc1ccccc1)[NH+](C)CC(=O)Nc1cccc2ccccc12. The molecule has 3 N–H and O–H groups in total. The molecular weight excluding hydrogens is 338 g/mol. The van der Waals surface area contributed by atoms with Crippen LogP contribution in [-0.2, 0) is 9.59 Å². The van der Waals surface area contributed by atoms with Crippen LogP contribution in [0.4, 0.5) is 11.4 Å². The van der Waals surface area contributed by atoms with Crippen LogP contribution in [-0.4, -0.2) is 31.4 Å². The maximum atomic E-state index is 12.5. The van der Waals surface area contributed by atoms with Crippen LogP contribution in [0.3, 0.4) is 0 Å². The topological polar surface area (TPSA) is 62.6 Å². The molecule has 5 nitrogen and oxygen atoms in total. The fraction of sp³-hybridized carbons (Fsp3) is 0.182. The molecule has 0 radical (unpaired) electrons. The Morgan fingerprint density at radius 3 is 2.33 bits per heavy atom. The van der Waals surface area contributed by atoms with Crippen LogP contribution in [0.2, 0.25) is 0 Å². The Kier molecular flexibility index (Phi) is 5.84. The number of fused-ring (bicyclic) bond motifs is 1. The average molecular weight is 362 g/mol. The number of amides is 2. The van der Waals surface area contributed by atoms with Crippen LogP contribution in [0.25, 0.3) is 10.8 Å². The van der Waals surface area contributed by atoms with E-state index in [9.17, 15) is 9.59 Å². The number of nitrogens with one attached hydrogen (secondary N) is 3. The van der Waals surface area contributed by atoms with Crippen molar-refractivity contribution in [1.29, 1.82) is 0 Å². The number of rotatable bonds is 6. The molecule has 0 fully saturated rings. The maximum absolute atomic E-state index is 12.5. The molecule has 0 aliphatic heterocycles. The molecule has 0 bridgehead atoms. The largest absolute Gasteiger partial charge is 0.321 e. The van der Waals surface area contributed by atoms with Crippen LogP contribution in [0.15, 0.2) is 72.8 Å². The van der Waals surface area contributed by atoms with Gasteiger partial charge in [0.2, 0.25) is 0 Å². The smallest absolute Gasteiger partial charge is 0.282 e. The van der Waals surface area contributed by atoms with Gasteiger partial charge in [0.1, 0.15) is 0 Å². The summed E-state index contributed by atoms with van der Waals surface area (Å²) < 4.78 is 0. The van der Waals surface area contributed by atoms with Crippen LogP contribution in [0.5, 0.6) is 0 Å². The van der Waals surface area contributed by atoms with Crippen molar-refractivity contribution >= 4 is 34.0 Å². The van der Waals surface area contributed by atoms with Gasteiger partial charge in [-0.25, -0.2) is 0 Å². The second-order valence-electron chi connectivity index (χ2n) is 6.67. The third kappa shape index (κ3) is 4.71. The van der Waals surface area contributed by atoms with E-state index < -0.39 is 0 Å². The molecule has 0 heterocycles. The Morgan fingerprint density at radius 2 is 1.56 bits per heavy atom. The van der Waals surface area contributed by atoms with E-state index in [0.29, 0.717) is 0 Å². The van der Waals surface area contributed by atoms with Crippen molar-refractivity contribution in [2.75, 3.05) is 24.2 Å². The highest BCUT2D eigenvalue weighted by molar-refractivity contribution is 6.02. The number of anilines is 2. The van der Waals surface area contributed by atoms with E-state index in [4.69, 9.17) is 0 Å². The van der Waals surface area contributed by atoms with Crippen molar-refractivity contribution in [2.24, 2.45) is 0 Å². The molecule has 0 aliphatic carbocycles. The molecule has 0 saturated heterocycles. The van der Waals surface area contributed by atoms with Crippen molar-refractivity contribution in [1.82, 2.24) is 0 Å². The Balaban J connectivity index is 1.60. The third-order valence-corrected chi connectivity index (χ3v) is 4.68. The monoisotopic (exact) mass is 362 g/mol. The minimum atomic E-state index is -0.358. The van der Waals surface area contributed by atoms with E-state index in [1.807, 2.05) is 86.8 Å². The van der Waals surface area contributed by atoms with Gasteiger partial charge in [-0.3, -0.25) is 9.59 Å². The lowest BCUT2D eigenvalue weighted by atomic mass is 10.1. The molecule has 1 unspecified atom stereocenters. The fourth-order valence-corrected chi connectivity index (χ4v) is 2.93. The molecule has 3 rings (SSSR count). The highest BCUT2D eigenvalue weighted by atomic mass is 16.2. The number of hydrogen-bond acceptors (Lipinski definition) is 2.